The zero-order chi connectivity index (χ0) is 26.0. The second-order valence-electron chi connectivity index (χ2n) is 9.31. The van der Waals surface area contributed by atoms with Gasteiger partial charge in [-0.2, -0.15) is 0 Å². The van der Waals surface area contributed by atoms with Crippen LogP contribution in [-0.2, 0) is 4.74 Å². The summed E-state index contributed by atoms with van der Waals surface area (Å²) in [6.45, 7) is 5.33. The van der Waals surface area contributed by atoms with Crippen LogP contribution in [0.5, 0.6) is 0 Å². The van der Waals surface area contributed by atoms with E-state index in [4.69, 9.17) is 4.74 Å². The van der Waals surface area contributed by atoms with Crippen molar-refractivity contribution in [2.75, 3.05) is 51.3 Å². The minimum Gasteiger partial charge on any atom is -0.379 e. The summed E-state index contributed by atoms with van der Waals surface area (Å²) in [5.41, 5.74) is 4.28. The third-order valence-corrected chi connectivity index (χ3v) is 7.60. The Morgan fingerprint density at radius 1 is 0.974 bits per heavy atom. The smallest absolute Gasteiger partial charge is 0.323 e. The first-order valence-corrected chi connectivity index (χ1v) is 14.0. The van der Waals surface area contributed by atoms with E-state index in [9.17, 15) is 4.79 Å². The molecule has 5 rings (SSSR count). The molecule has 0 bridgehead atoms. The van der Waals surface area contributed by atoms with Gasteiger partial charge in [-0.3, -0.25) is 15.2 Å². The molecule has 38 heavy (non-hydrogen) atoms. The number of nitrogens with zero attached hydrogens (tertiary/aromatic N) is 4. The van der Waals surface area contributed by atoms with Crippen LogP contribution in [0.4, 0.5) is 9.93 Å². The van der Waals surface area contributed by atoms with Crippen molar-refractivity contribution in [1.82, 2.24) is 19.8 Å². The molecular formula is C30H33N5O2S. The number of ether oxygens (including phenoxy) is 1. The fraction of sp³-hybridized carbons (Fsp3) is 0.300. The summed E-state index contributed by atoms with van der Waals surface area (Å²) in [5, 5.41) is 5.65. The van der Waals surface area contributed by atoms with Crippen LogP contribution >= 0.6 is 11.3 Å². The van der Waals surface area contributed by atoms with Crippen LogP contribution < -0.4 is 5.32 Å². The SMILES string of the molecule is O=C(Nc1nc(-c2ccccc2)cs1)N(CCC(c1ccccc1)c1cccnc1)CCN1CCOCC1. The molecule has 1 atom stereocenters. The van der Waals surface area contributed by atoms with Crippen molar-refractivity contribution in [3.05, 3.63) is 102 Å². The molecule has 1 N–H and O–H groups in total. The molecule has 0 aliphatic carbocycles. The Hall–Kier alpha value is -3.59. The zero-order valence-corrected chi connectivity index (χ0v) is 22.2. The number of morpholine rings is 1. The number of urea groups is 1. The monoisotopic (exact) mass is 527 g/mol. The van der Waals surface area contributed by atoms with E-state index in [1.807, 2.05) is 58.9 Å². The van der Waals surface area contributed by atoms with Gasteiger partial charge in [0.05, 0.1) is 18.9 Å². The Bertz CT molecular complexity index is 1220. The second kappa shape index (κ2) is 13.3. The first-order chi connectivity index (χ1) is 18.8. The van der Waals surface area contributed by atoms with Crippen molar-refractivity contribution >= 4 is 22.5 Å². The fourth-order valence-corrected chi connectivity index (χ4v) is 5.43. The number of aromatic nitrogens is 2. The molecule has 1 aliphatic rings. The predicted octanol–water partition coefficient (Wildman–Crippen LogP) is 5.59. The minimum absolute atomic E-state index is 0.120. The molecule has 1 unspecified atom stereocenters. The summed E-state index contributed by atoms with van der Waals surface area (Å²) >= 11 is 1.45. The van der Waals surface area contributed by atoms with Gasteiger partial charge in [-0.15, -0.1) is 11.3 Å². The molecule has 2 aromatic carbocycles. The molecular weight excluding hydrogens is 494 g/mol. The lowest BCUT2D eigenvalue weighted by Gasteiger charge is -2.31. The molecule has 4 aromatic rings. The van der Waals surface area contributed by atoms with E-state index in [-0.39, 0.29) is 11.9 Å². The maximum Gasteiger partial charge on any atom is 0.323 e. The molecule has 0 spiro atoms. The number of carbonyl (C=O) groups is 1. The molecule has 2 amide bonds. The average Bonchev–Trinajstić information content (AvgIpc) is 3.45. The number of hydrogen-bond donors (Lipinski definition) is 1. The molecule has 3 heterocycles. The Kier molecular flexibility index (Phi) is 9.10. The number of thiazole rings is 1. The van der Waals surface area contributed by atoms with Gasteiger partial charge in [0.15, 0.2) is 5.13 Å². The van der Waals surface area contributed by atoms with Crippen LogP contribution in [0.3, 0.4) is 0 Å². The average molecular weight is 528 g/mol. The van der Waals surface area contributed by atoms with Gasteiger partial charge in [0.1, 0.15) is 0 Å². The Morgan fingerprint density at radius 3 is 2.45 bits per heavy atom. The fourth-order valence-electron chi connectivity index (χ4n) is 4.72. The third-order valence-electron chi connectivity index (χ3n) is 6.84. The highest BCUT2D eigenvalue weighted by Gasteiger charge is 2.21. The predicted molar refractivity (Wildman–Crippen MR) is 153 cm³/mol. The molecule has 1 aliphatic heterocycles. The number of pyridine rings is 1. The lowest BCUT2D eigenvalue weighted by Crippen LogP contribution is -2.44. The maximum atomic E-state index is 13.5. The van der Waals surface area contributed by atoms with Crippen molar-refractivity contribution in [2.45, 2.75) is 12.3 Å². The van der Waals surface area contributed by atoms with E-state index in [1.165, 1.54) is 16.9 Å². The van der Waals surface area contributed by atoms with Gasteiger partial charge in [0, 0.05) is 62.0 Å². The normalized spacial score (nSPS) is 14.6. The second-order valence-corrected chi connectivity index (χ2v) is 10.2. The van der Waals surface area contributed by atoms with E-state index in [1.54, 1.807) is 6.20 Å². The summed E-state index contributed by atoms with van der Waals surface area (Å²) in [4.78, 5) is 26.8. The lowest BCUT2D eigenvalue weighted by atomic mass is 9.89. The lowest BCUT2D eigenvalue weighted by molar-refractivity contribution is 0.0351. The van der Waals surface area contributed by atoms with E-state index in [2.05, 4.69) is 50.5 Å². The first kappa shape index (κ1) is 26.0. The summed E-state index contributed by atoms with van der Waals surface area (Å²) in [6.07, 6.45) is 4.52. The summed E-state index contributed by atoms with van der Waals surface area (Å²) in [6, 6.07) is 24.4. The molecule has 0 saturated carbocycles. The van der Waals surface area contributed by atoms with Gasteiger partial charge in [0.25, 0.3) is 0 Å². The number of benzene rings is 2. The van der Waals surface area contributed by atoms with E-state index in [0.717, 1.165) is 56.1 Å². The van der Waals surface area contributed by atoms with Crippen LogP contribution in [0.15, 0.2) is 90.6 Å². The highest BCUT2D eigenvalue weighted by molar-refractivity contribution is 7.14. The Balaban J connectivity index is 1.30. The van der Waals surface area contributed by atoms with Gasteiger partial charge in [0.2, 0.25) is 0 Å². The van der Waals surface area contributed by atoms with Gasteiger partial charge in [-0.05, 0) is 23.6 Å². The number of nitrogens with one attached hydrogen (secondary N) is 1. The molecule has 1 saturated heterocycles. The molecule has 0 radical (unpaired) electrons. The van der Waals surface area contributed by atoms with Gasteiger partial charge in [-0.1, -0.05) is 66.7 Å². The van der Waals surface area contributed by atoms with Gasteiger partial charge in [-0.25, -0.2) is 9.78 Å². The van der Waals surface area contributed by atoms with Crippen molar-refractivity contribution in [1.29, 1.82) is 0 Å². The topological polar surface area (TPSA) is 70.6 Å². The molecule has 7 nitrogen and oxygen atoms in total. The van der Waals surface area contributed by atoms with E-state index < -0.39 is 0 Å². The summed E-state index contributed by atoms with van der Waals surface area (Å²) < 4.78 is 5.50. The number of rotatable bonds is 10. The quantitative estimate of drug-likeness (QED) is 0.291. The highest BCUT2D eigenvalue weighted by atomic mass is 32.1. The number of hydrogen-bond acceptors (Lipinski definition) is 6. The Morgan fingerprint density at radius 2 is 1.71 bits per heavy atom. The maximum absolute atomic E-state index is 13.5. The highest BCUT2D eigenvalue weighted by Crippen LogP contribution is 2.28. The summed E-state index contributed by atoms with van der Waals surface area (Å²) in [7, 11) is 0. The minimum atomic E-state index is -0.120. The number of anilines is 1. The number of carbonyl (C=O) groups excluding carboxylic acids is 1. The van der Waals surface area contributed by atoms with Crippen LogP contribution in [0.25, 0.3) is 11.3 Å². The van der Waals surface area contributed by atoms with Gasteiger partial charge >= 0.3 is 6.03 Å². The van der Waals surface area contributed by atoms with Crippen molar-refractivity contribution < 1.29 is 9.53 Å². The van der Waals surface area contributed by atoms with Crippen LogP contribution in [0.2, 0.25) is 0 Å². The van der Waals surface area contributed by atoms with Gasteiger partial charge < -0.3 is 9.64 Å². The standard InChI is InChI=1S/C30H33N5O2S/c36-30(33-29-32-28(23-38-29)25-10-5-2-6-11-25)35(17-16-34-18-20-37-21-19-34)15-13-27(24-8-3-1-4-9-24)26-12-7-14-31-22-26/h1-12,14,22-23,27H,13,15-21H2,(H,32,33,36). The van der Waals surface area contributed by atoms with Crippen LogP contribution in [-0.4, -0.2) is 71.7 Å². The largest absolute Gasteiger partial charge is 0.379 e. The number of amides is 2. The zero-order valence-electron chi connectivity index (χ0n) is 21.4. The van der Waals surface area contributed by atoms with Crippen LogP contribution in [0.1, 0.15) is 23.5 Å². The van der Waals surface area contributed by atoms with E-state index in [0.29, 0.717) is 18.2 Å². The Labute approximate surface area is 228 Å². The molecule has 196 valence electrons. The summed E-state index contributed by atoms with van der Waals surface area (Å²) in [5.74, 6) is 0.146. The van der Waals surface area contributed by atoms with Crippen molar-refractivity contribution in [3.63, 3.8) is 0 Å². The first-order valence-electron chi connectivity index (χ1n) is 13.1. The van der Waals surface area contributed by atoms with E-state index >= 15 is 0 Å². The molecule has 2 aromatic heterocycles. The van der Waals surface area contributed by atoms with Crippen LogP contribution in [0, 0.1) is 0 Å². The van der Waals surface area contributed by atoms with Crippen molar-refractivity contribution in [2.24, 2.45) is 0 Å². The third kappa shape index (κ3) is 7.04. The molecule has 1 fully saturated rings. The van der Waals surface area contributed by atoms with Crippen molar-refractivity contribution in [3.8, 4) is 11.3 Å². The molecule has 8 heteroatoms.